The number of nitrogens with zero attached hydrogens (tertiary/aromatic N) is 2. The SMILES string of the molecule is O=C(Cn1cnc2cc(C(=O)O)ccc2c1=O)NCCOc1ccccc1. The van der Waals surface area contributed by atoms with Crippen molar-refractivity contribution in [1.82, 2.24) is 14.9 Å². The number of hydrogen-bond acceptors (Lipinski definition) is 5. The van der Waals surface area contributed by atoms with Crippen LogP contribution >= 0.6 is 0 Å². The van der Waals surface area contributed by atoms with Crippen LogP contribution in [0.3, 0.4) is 0 Å². The van der Waals surface area contributed by atoms with Gasteiger partial charge >= 0.3 is 5.97 Å². The molecular formula is C19H17N3O5. The molecule has 0 atom stereocenters. The number of carboxylic acids is 1. The molecule has 138 valence electrons. The highest BCUT2D eigenvalue weighted by atomic mass is 16.5. The number of aromatic carboxylic acids is 1. The molecule has 3 aromatic rings. The lowest BCUT2D eigenvalue weighted by atomic mass is 10.1. The second-order valence-electron chi connectivity index (χ2n) is 5.73. The summed E-state index contributed by atoms with van der Waals surface area (Å²) in [6, 6.07) is 13.3. The monoisotopic (exact) mass is 367 g/mol. The highest BCUT2D eigenvalue weighted by molar-refractivity contribution is 5.92. The number of fused-ring (bicyclic) bond motifs is 1. The van der Waals surface area contributed by atoms with E-state index in [4.69, 9.17) is 9.84 Å². The Bertz CT molecular complexity index is 1030. The lowest BCUT2D eigenvalue weighted by Gasteiger charge is -2.09. The normalized spacial score (nSPS) is 10.5. The Morgan fingerprint density at radius 2 is 1.93 bits per heavy atom. The highest BCUT2D eigenvalue weighted by Crippen LogP contribution is 2.10. The molecule has 3 rings (SSSR count). The zero-order valence-electron chi connectivity index (χ0n) is 14.3. The van der Waals surface area contributed by atoms with Gasteiger partial charge in [0.15, 0.2) is 0 Å². The molecule has 0 unspecified atom stereocenters. The number of rotatable bonds is 7. The van der Waals surface area contributed by atoms with E-state index in [9.17, 15) is 14.4 Å². The summed E-state index contributed by atoms with van der Waals surface area (Å²) >= 11 is 0. The predicted octanol–water partition coefficient (Wildman–Crippen LogP) is 1.29. The van der Waals surface area contributed by atoms with E-state index in [1.165, 1.54) is 29.1 Å². The first-order chi connectivity index (χ1) is 13.0. The summed E-state index contributed by atoms with van der Waals surface area (Å²) in [5, 5.41) is 11.9. The van der Waals surface area contributed by atoms with Crippen molar-refractivity contribution >= 4 is 22.8 Å². The van der Waals surface area contributed by atoms with Gasteiger partial charge in [0.25, 0.3) is 5.56 Å². The summed E-state index contributed by atoms with van der Waals surface area (Å²) in [5.74, 6) is -0.737. The van der Waals surface area contributed by atoms with Gasteiger partial charge in [-0.15, -0.1) is 0 Å². The van der Waals surface area contributed by atoms with Crippen molar-refractivity contribution in [3.8, 4) is 5.75 Å². The molecule has 1 heterocycles. The maximum atomic E-state index is 12.4. The van der Waals surface area contributed by atoms with Crippen LogP contribution in [-0.4, -0.2) is 39.7 Å². The van der Waals surface area contributed by atoms with Gasteiger partial charge in [0.1, 0.15) is 18.9 Å². The van der Waals surface area contributed by atoms with Crippen LogP contribution in [-0.2, 0) is 11.3 Å². The molecule has 1 aromatic heterocycles. The molecule has 0 aliphatic carbocycles. The van der Waals surface area contributed by atoms with Crippen LogP contribution in [0.1, 0.15) is 10.4 Å². The fourth-order valence-electron chi connectivity index (χ4n) is 2.49. The van der Waals surface area contributed by atoms with Crippen molar-refractivity contribution in [2.45, 2.75) is 6.54 Å². The van der Waals surface area contributed by atoms with Crippen molar-refractivity contribution in [3.05, 3.63) is 70.8 Å². The fourth-order valence-corrected chi connectivity index (χ4v) is 2.49. The number of hydrogen-bond donors (Lipinski definition) is 2. The van der Waals surface area contributed by atoms with E-state index in [0.717, 1.165) is 0 Å². The van der Waals surface area contributed by atoms with Gasteiger partial charge < -0.3 is 15.2 Å². The fraction of sp³-hybridized carbons (Fsp3) is 0.158. The third-order valence-corrected chi connectivity index (χ3v) is 3.82. The number of aromatic nitrogens is 2. The minimum atomic E-state index is -1.10. The van der Waals surface area contributed by atoms with E-state index < -0.39 is 11.5 Å². The van der Waals surface area contributed by atoms with Gasteiger partial charge in [-0.3, -0.25) is 14.2 Å². The van der Waals surface area contributed by atoms with Gasteiger partial charge in [-0.1, -0.05) is 18.2 Å². The van der Waals surface area contributed by atoms with Crippen LogP contribution in [0.5, 0.6) is 5.75 Å². The maximum absolute atomic E-state index is 12.4. The van der Waals surface area contributed by atoms with Crippen LogP contribution in [0.25, 0.3) is 10.9 Å². The van der Waals surface area contributed by atoms with Crippen molar-refractivity contribution in [3.63, 3.8) is 0 Å². The molecule has 0 saturated carbocycles. The Hall–Kier alpha value is -3.68. The van der Waals surface area contributed by atoms with E-state index in [2.05, 4.69) is 10.3 Å². The largest absolute Gasteiger partial charge is 0.492 e. The van der Waals surface area contributed by atoms with Gasteiger partial charge in [-0.2, -0.15) is 0 Å². The van der Waals surface area contributed by atoms with Crippen molar-refractivity contribution < 1.29 is 19.4 Å². The first-order valence-electron chi connectivity index (χ1n) is 8.21. The summed E-state index contributed by atoms with van der Waals surface area (Å²) in [4.78, 5) is 39.5. The van der Waals surface area contributed by atoms with Crippen LogP contribution in [0.2, 0.25) is 0 Å². The zero-order chi connectivity index (χ0) is 19.2. The Kier molecular flexibility index (Phi) is 5.46. The molecule has 1 amide bonds. The average molecular weight is 367 g/mol. The Morgan fingerprint density at radius 1 is 1.15 bits per heavy atom. The van der Waals surface area contributed by atoms with Gasteiger partial charge in [0.2, 0.25) is 5.91 Å². The van der Waals surface area contributed by atoms with E-state index in [-0.39, 0.29) is 28.9 Å². The molecule has 0 saturated heterocycles. The molecule has 0 bridgehead atoms. The minimum Gasteiger partial charge on any atom is -0.492 e. The van der Waals surface area contributed by atoms with Crippen LogP contribution in [0.15, 0.2) is 59.7 Å². The number of para-hydroxylation sites is 1. The first-order valence-corrected chi connectivity index (χ1v) is 8.21. The first kappa shape index (κ1) is 18.1. The highest BCUT2D eigenvalue weighted by Gasteiger charge is 2.10. The predicted molar refractivity (Wildman–Crippen MR) is 97.9 cm³/mol. The van der Waals surface area contributed by atoms with Gasteiger partial charge in [0, 0.05) is 0 Å². The Balaban J connectivity index is 1.59. The topological polar surface area (TPSA) is 111 Å². The number of carboxylic acid groups (broad SMARTS) is 1. The molecule has 0 fully saturated rings. The number of amides is 1. The standard InChI is InChI=1S/C19H17N3O5/c23-17(20-8-9-27-14-4-2-1-3-5-14)11-22-12-21-16-10-13(19(25)26)6-7-15(16)18(22)24/h1-7,10,12H,8-9,11H2,(H,20,23)(H,25,26). The number of carbonyl (C=O) groups is 2. The van der Waals surface area contributed by atoms with Gasteiger partial charge in [-0.05, 0) is 30.3 Å². The number of nitrogens with one attached hydrogen (secondary N) is 1. The van der Waals surface area contributed by atoms with Crippen molar-refractivity contribution in [2.75, 3.05) is 13.2 Å². The number of benzene rings is 2. The molecule has 8 nitrogen and oxygen atoms in total. The van der Waals surface area contributed by atoms with Crippen molar-refractivity contribution in [2.24, 2.45) is 0 Å². The summed E-state index contributed by atoms with van der Waals surface area (Å²) in [6.45, 7) is 0.415. The summed E-state index contributed by atoms with van der Waals surface area (Å²) < 4.78 is 6.65. The van der Waals surface area contributed by atoms with Crippen molar-refractivity contribution in [1.29, 1.82) is 0 Å². The molecule has 0 radical (unpaired) electrons. The molecule has 27 heavy (non-hydrogen) atoms. The lowest BCUT2D eigenvalue weighted by Crippen LogP contribution is -2.34. The quantitative estimate of drug-likeness (QED) is 0.609. The second kappa shape index (κ2) is 8.13. The second-order valence-corrected chi connectivity index (χ2v) is 5.73. The maximum Gasteiger partial charge on any atom is 0.335 e. The van der Waals surface area contributed by atoms with E-state index in [0.29, 0.717) is 18.9 Å². The minimum absolute atomic E-state index is 0.0447. The molecular weight excluding hydrogens is 350 g/mol. The third-order valence-electron chi connectivity index (χ3n) is 3.82. The van der Waals surface area contributed by atoms with Crippen LogP contribution in [0, 0.1) is 0 Å². The molecule has 0 aliphatic heterocycles. The lowest BCUT2D eigenvalue weighted by molar-refractivity contribution is -0.121. The number of ether oxygens (including phenoxy) is 1. The third kappa shape index (κ3) is 4.49. The van der Waals surface area contributed by atoms with E-state index >= 15 is 0 Å². The Morgan fingerprint density at radius 3 is 2.67 bits per heavy atom. The smallest absolute Gasteiger partial charge is 0.335 e. The van der Waals surface area contributed by atoms with Crippen LogP contribution in [0.4, 0.5) is 0 Å². The molecule has 2 aromatic carbocycles. The zero-order valence-corrected chi connectivity index (χ0v) is 14.3. The summed E-state index contributed by atoms with van der Waals surface area (Å²) in [7, 11) is 0. The summed E-state index contributed by atoms with van der Waals surface area (Å²) in [5.41, 5.74) is -0.0937. The number of carbonyl (C=O) groups excluding carboxylic acids is 1. The summed E-state index contributed by atoms with van der Waals surface area (Å²) in [6.07, 6.45) is 1.23. The molecule has 0 aliphatic rings. The molecule has 0 spiro atoms. The van der Waals surface area contributed by atoms with E-state index in [1.54, 1.807) is 0 Å². The molecule has 8 heteroatoms. The molecule has 2 N–H and O–H groups in total. The van der Waals surface area contributed by atoms with Gasteiger partial charge in [-0.25, -0.2) is 9.78 Å². The van der Waals surface area contributed by atoms with Crippen LogP contribution < -0.4 is 15.6 Å². The average Bonchev–Trinajstić information content (AvgIpc) is 2.68. The van der Waals surface area contributed by atoms with E-state index in [1.807, 2.05) is 30.3 Å². The Labute approximate surface area is 154 Å². The van der Waals surface area contributed by atoms with Gasteiger partial charge in [0.05, 0.1) is 29.3 Å².